The second kappa shape index (κ2) is 3.30. The number of alkyl halides is 1. The predicted molar refractivity (Wildman–Crippen MR) is 52.3 cm³/mol. The first-order valence-electron chi connectivity index (χ1n) is 3.95. The zero-order valence-electron chi connectivity index (χ0n) is 7.05. The molecule has 0 spiro atoms. The first kappa shape index (κ1) is 8.45. The van der Waals surface area contributed by atoms with E-state index in [4.69, 9.17) is 21.1 Å². The summed E-state index contributed by atoms with van der Waals surface area (Å²) in [4.78, 5) is 0. The van der Waals surface area contributed by atoms with Crippen molar-refractivity contribution in [3.8, 4) is 11.5 Å². The first-order valence-corrected chi connectivity index (χ1v) is 4.48. The minimum absolute atomic E-state index is 0.298. The van der Waals surface area contributed by atoms with Crippen LogP contribution in [0, 0.1) is 0 Å². The number of allylic oxidation sites excluding steroid dienone is 1. The maximum absolute atomic E-state index is 5.67. The summed E-state index contributed by atoms with van der Waals surface area (Å²) in [7, 11) is 0. The molecule has 0 atom stereocenters. The van der Waals surface area contributed by atoms with Gasteiger partial charge in [-0.15, -0.1) is 11.6 Å². The summed E-state index contributed by atoms with van der Waals surface area (Å²) in [6, 6.07) is 5.70. The smallest absolute Gasteiger partial charge is 0.231 e. The summed E-state index contributed by atoms with van der Waals surface area (Å²) >= 11 is 5.67. The maximum Gasteiger partial charge on any atom is 0.231 e. The Morgan fingerprint density at radius 3 is 2.92 bits per heavy atom. The molecule has 0 bridgehead atoms. The van der Waals surface area contributed by atoms with Crippen LogP contribution in [0.2, 0.25) is 0 Å². The van der Waals surface area contributed by atoms with E-state index in [2.05, 4.69) is 6.58 Å². The molecule has 2 rings (SSSR count). The Bertz CT molecular complexity index is 347. The fraction of sp³-hybridized carbons (Fsp3) is 0.200. The average Bonchev–Trinajstić information content (AvgIpc) is 2.63. The molecular weight excluding hydrogens is 188 g/mol. The molecule has 0 aromatic heterocycles. The zero-order chi connectivity index (χ0) is 9.26. The molecule has 2 nitrogen and oxygen atoms in total. The molecule has 1 aromatic carbocycles. The highest BCUT2D eigenvalue weighted by Crippen LogP contribution is 2.34. The molecule has 68 valence electrons. The minimum atomic E-state index is 0.298. The van der Waals surface area contributed by atoms with E-state index in [1.54, 1.807) is 0 Å². The fourth-order valence-electron chi connectivity index (χ4n) is 1.19. The van der Waals surface area contributed by atoms with E-state index >= 15 is 0 Å². The van der Waals surface area contributed by atoms with Crippen LogP contribution in [0.1, 0.15) is 5.56 Å². The first-order chi connectivity index (χ1) is 6.31. The van der Waals surface area contributed by atoms with Crippen molar-refractivity contribution < 1.29 is 9.47 Å². The minimum Gasteiger partial charge on any atom is -0.454 e. The van der Waals surface area contributed by atoms with Gasteiger partial charge in [0.15, 0.2) is 11.5 Å². The Kier molecular flexibility index (Phi) is 2.15. The van der Waals surface area contributed by atoms with Crippen molar-refractivity contribution >= 4 is 17.2 Å². The lowest BCUT2D eigenvalue weighted by Gasteiger charge is -2.02. The summed E-state index contributed by atoms with van der Waals surface area (Å²) in [6.07, 6.45) is 0. The van der Waals surface area contributed by atoms with Gasteiger partial charge in [0.05, 0.1) is 0 Å². The molecule has 0 aliphatic carbocycles. The van der Waals surface area contributed by atoms with Crippen LogP contribution < -0.4 is 9.47 Å². The molecule has 0 amide bonds. The number of hydrogen-bond acceptors (Lipinski definition) is 2. The Balaban J connectivity index is 2.36. The van der Waals surface area contributed by atoms with Gasteiger partial charge in [0.1, 0.15) is 0 Å². The number of benzene rings is 1. The number of hydrogen-bond donors (Lipinski definition) is 0. The van der Waals surface area contributed by atoms with Crippen molar-refractivity contribution in [2.24, 2.45) is 0 Å². The number of halogens is 1. The standard InChI is InChI=1S/C10H9ClO2/c1-7(5-11)8-2-3-9-10(4-8)13-6-12-9/h2-4H,1,5-6H2. The highest BCUT2D eigenvalue weighted by molar-refractivity contribution is 6.23. The second-order valence-electron chi connectivity index (χ2n) is 2.81. The fourth-order valence-corrected chi connectivity index (χ4v) is 1.35. The zero-order valence-corrected chi connectivity index (χ0v) is 7.80. The summed E-state index contributed by atoms with van der Waals surface area (Å²) in [5.74, 6) is 1.98. The van der Waals surface area contributed by atoms with Crippen molar-refractivity contribution in [2.45, 2.75) is 0 Å². The SMILES string of the molecule is C=C(CCl)c1ccc2c(c1)OCO2. The molecule has 1 aliphatic heterocycles. The third-order valence-corrected chi connectivity index (χ3v) is 2.26. The Morgan fingerprint density at radius 2 is 2.15 bits per heavy atom. The van der Waals surface area contributed by atoms with Crippen molar-refractivity contribution in [3.63, 3.8) is 0 Å². The van der Waals surface area contributed by atoms with Gasteiger partial charge in [-0.2, -0.15) is 0 Å². The monoisotopic (exact) mass is 196 g/mol. The van der Waals surface area contributed by atoms with E-state index in [-0.39, 0.29) is 0 Å². The summed E-state index contributed by atoms with van der Waals surface area (Å²) in [5, 5.41) is 0. The van der Waals surface area contributed by atoms with Gasteiger partial charge in [0.2, 0.25) is 6.79 Å². The lowest BCUT2D eigenvalue weighted by molar-refractivity contribution is 0.174. The molecule has 0 radical (unpaired) electrons. The van der Waals surface area contributed by atoms with Gasteiger partial charge in [-0.05, 0) is 23.3 Å². The van der Waals surface area contributed by atoms with E-state index in [9.17, 15) is 0 Å². The van der Waals surface area contributed by atoms with Gasteiger partial charge in [-0.25, -0.2) is 0 Å². The maximum atomic E-state index is 5.67. The van der Waals surface area contributed by atoms with Gasteiger partial charge in [0.25, 0.3) is 0 Å². The Labute approximate surface area is 81.7 Å². The van der Waals surface area contributed by atoms with Gasteiger partial charge < -0.3 is 9.47 Å². The third-order valence-electron chi connectivity index (χ3n) is 1.94. The van der Waals surface area contributed by atoms with Crippen molar-refractivity contribution in [2.75, 3.05) is 12.7 Å². The lowest BCUT2D eigenvalue weighted by atomic mass is 10.1. The van der Waals surface area contributed by atoms with Crippen LogP contribution in [0.15, 0.2) is 24.8 Å². The Hall–Kier alpha value is -1.15. The van der Waals surface area contributed by atoms with E-state index in [0.717, 1.165) is 22.6 Å². The van der Waals surface area contributed by atoms with Gasteiger partial charge in [-0.3, -0.25) is 0 Å². The quantitative estimate of drug-likeness (QED) is 0.678. The molecular formula is C10H9ClO2. The second-order valence-corrected chi connectivity index (χ2v) is 3.07. The Morgan fingerprint density at radius 1 is 1.38 bits per heavy atom. The van der Waals surface area contributed by atoms with Crippen LogP contribution in [-0.2, 0) is 0 Å². The van der Waals surface area contributed by atoms with Crippen molar-refractivity contribution in [1.29, 1.82) is 0 Å². The van der Waals surface area contributed by atoms with Crippen LogP contribution in [0.5, 0.6) is 11.5 Å². The molecule has 0 N–H and O–H groups in total. The highest BCUT2D eigenvalue weighted by atomic mass is 35.5. The number of ether oxygens (including phenoxy) is 2. The van der Waals surface area contributed by atoms with E-state index < -0.39 is 0 Å². The molecule has 0 fully saturated rings. The lowest BCUT2D eigenvalue weighted by Crippen LogP contribution is -1.92. The largest absolute Gasteiger partial charge is 0.454 e. The van der Waals surface area contributed by atoms with Crippen LogP contribution >= 0.6 is 11.6 Å². The van der Waals surface area contributed by atoms with Gasteiger partial charge in [-0.1, -0.05) is 12.6 Å². The summed E-state index contributed by atoms with van der Waals surface area (Å²) < 4.78 is 10.4. The van der Waals surface area contributed by atoms with E-state index in [1.165, 1.54) is 0 Å². The van der Waals surface area contributed by atoms with Crippen molar-refractivity contribution in [1.82, 2.24) is 0 Å². The topological polar surface area (TPSA) is 18.5 Å². The average molecular weight is 197 g/mol. The molecule has 0 unspecified atom stereocenters. The van der Waals surface area contributed by atoms with Gasteiger partial charge >= 0.3 is 0 Å². The molecule has 0 saturated heterocycles. The third kappa shape index (κ3) is 1.49. The molecule has 1 heterocycles. The van der Waals surface area contributed by atoms with Crippen LogP contribution in [0.25, 0.3) is 5.57 Å². The van der Waals surface area contributed by atoms with Crippen molar-refractivity contribution in [3.05, 3.63) is 30.3 Å². The summed E-state index contributed by atoms with van der Waals surface area (Å²) in [5.41, 5.74) is 1.89. The molecule has 1 aromatic rings. The highest BCUT2D eigenvalue weighted by Gasteiger charge is 2.13. The number of fused-ring (bicyclic) bond motifs is 1. The van der Waals surface area contributed by atoms with E-state index in [1.807, 2.05) is 18.2 Å². The predicted octanol–water partition coefficient (Wildman–Crippen LogP) is 2.67. The normalized spacial score (nSPS) is 13.0. The molecule has 13 heavy (non-hydrogen) atoms. The van der Waals surface area contributed by atoms with Crippen LogP contribution in [0.4, 0.5) is 0 Å². The van der Waals surface area contributed by atoms with E-state index in [0.29, 0.717) is 12.7 Å². The van der Waals surface area contributed by atoms with Crippen LogP contribution in [-0.4, -0.2) is 12.7 Å². The summed E-state index contributed by atoms with van der Waals surface area (Å²) in [6.45, 7) is 4.14. The molecule has 0 saturated carbocycles. The van der Waals surface area contributed by atoms with Crippen LogP contribution in [0.3, 0.4) is 0 Å². The molecule has 1 aliphatic rings. The number of rotatable bonds is 2. The molecule has 3 heteroatoms. The van der Waals surface area contributed by atoms with Gasteiger partial charge in [0, 0.05) is 5.88 Å².